The molecule has 0 aliphatic carbocycles. The molecule has 22 heavy (non-hydrogen) atoms. The second-order valence-corrected chi connectivity index (χ2v) is 9.55. The maximum Gasteiger partial charge on any atom is 0.252 e. The van der Waals surface area contributed by atoms with Gasteiger partial charge in [-0.2, -0.15) is 4.31 Å². The van der Waals surface area contributed by atoms with Crippen molar-refractivity contribution >= 4 is 60.5 Å². The van der Waals surface area contributed by atoms with E-state index in [0.717, 1.165) is 15.6 Å². The Labute approximate surface area is 146 Å². The monoisotopic (exact) mass is 422 g/mol. The number of anilines is 1. The average Bonchev–Trinajstić information content (AvgIpc) is 2.88. The quantitative estimate of drug-likeness (QED) is 0.801. The molecule has 2 rings (SSSR count). The molecule has 0 atom stereocenters. The van der Waals surface area contributed by atoms with Crippen molar-refractivity contribution in [1.29, 1.82) is 0 Å². The third-order valence-corrected chi connectivity index (χ3v) is 6.85. The first-order valence-electron chi connectivity index (χ1n) is 6.06. The minimum Gasteiger partial charge on any atom is -0.325 e. The van der Waals surface area contributed by atoms with Crippen molar-refractivity contribution in [3.8, 4) is 0 Å². The van der Waals surface area contributed by atoms with Gasteiger partial charge in [0.25, 0.3) is 10.0 Å². The highest BCUT2D eigenvalue weighted by molar-refractivity contribution is 9.11. The van der Waals surface area contributed by atoms with Crippen LogP contribution >= 0.6 is 38.9 Å². The van der Waals surface area contributed by atoms with Crippen LogP contribution < -0.4 is 5.32 Å². The van der Waals surface area contributed by atoms with Gasteiger partial charge in [-0.3, -0.25) is 4.79 Å². The third-order valence-electron chi connectivity index (χ3n) is 2.71. The number of benzene rings is 1. The summed E-state index contributed by atoms with van der Waals surface area (Å²) in [4.78, 5) is 11.9. The summed E-state index contributed by atoms with van der Waals surface area (Å²) in [6.07, 6.45) is 0. The topological polar surface area (TPSA) is 66.5 Å². The number of carbonyl (C=O) groups excluding carboxylic acids is 1. The second-order valence-electron chi connectivity index (χ2n) is 4.37. The molecule has 1 amide bonds. The molecule has 0 bridgehead atoms. The number of likely N-dealkylation sites (N-methyl/N-ethyl adjacent to an activating group) is 1. The first-order valence-corrected chi connectivity index (χ1v) is 9.49. The highest BCUT2D eigenvalue weighted by Gasteiger charge is 2.24. The van der Waals surface area contributed by atoms with Gasteiger partial charge in [-0.25, -0.2) is 8.42 Å². The number of nitrogens with one attached hydrogen (secondary N) is 1. The molecule has 9 heteroatoms. The lowest BCUT2D eigenvalue weighted by Crippen LogP contribution is -2.34. The van der Waals surface area contributed by atoms with E-state index in [1.165, 1.54) is 13.1 Å². The van der Waals surface area contributed by atoms with E-state index in [1.807, 2.05) is 0 Å². The summed E-state index contributed by atoms with van der Waals surface area (Å²) in [5.74, 6) is -0.427. The molecule has 0 spiro atoms. The molecule has 0 aliphatic rings. The summed E-state index contributed by atoms with van der Waals surface area (Å²) >= 11 is 10.1. The molecule has 0 radical (unpaired) electrons. The Bertz CT molecular complexity index is 775. The molecule has 1 aromatic heterocycles. The van der Waals surface area contributed by atoms with Gasteiger partial charge in [0.1, 0.15) is 4.21 Å². The summed E-state index contributed by atoms with van der Waals surface area (Å²) < 4.78 is 26.5. The van der Waals surface area contributed by atoms with Crippen LogP contribution in [0.1, 0.15) is 0 Å². The van der Waals surface area contributed by atoms with Crippen LogP contribution in [-0.2, 0) is 14.8 Å². The lowest BCUT2D eigenvalue weighted by Gasteiger charge is -2.15. The van der Waals surface area contributed by atoms with Crippen LogP contribution in [0, 0.1) is 0 Å². The van der Waals surface area contributed by atoms with Crippen LogP contribution in [0.5, 0.6) is 0 Å². The summed E-state index contributed by atoms with van der Waals surface area (Å²) in [6, 6.07) is 9.72. The molecule has 2 aromatic rings. The van der Waals surface area contributed by atoms with Gasteiger partial charge in [0.05, 0.1) is 10.3 Å². The number of amides is 1. The Morgan fingerprint density at radius 3 is 2.45 bits per heavy atom. The fourth-order valence-corrected chi connectivity index (χ4v) is 5.08. The molecular formula is C13H12BrClN2O3S2. The van der Waals surface area contributed by atoms with E-state index in [1.54, 1.807) is 30.3 Å². The van der Waals surface area contributed by atoms with E-state index in [4.69, 9.17) is 11.6 Å². The molecule has 1 heterocycles. The first-order chi connectivity index (χ1) is 10.3. The number of carbonyl (C=O) groups is 1. The van der Waals surface area contributed by atoms with E-state index in [0.29, 0.717) is 14.5 Å². The average molecular weight is 424 g/mol. The highest BCUT2D eigenvalue weighted by Crippen LogP contribution is 2.27. The van der Waals surface area contributed by atoms with Gasteiger partial charge in [0.2, 0.25) is 5.91 Å². The zero-order chi connectivity index (χ0) is 16.3. The lowest BCUT2D eigenvalue weighted by atomic mass is 10.3. The fraction of sp³-hybridized carbons (Fsp3) is 0.154. The van der Waals surface area contributed by atoms with Crippen LogP contribution in [0.3, 0.4) is 0 Å². The van der Waals surface area contributed by atoms with Crippen molar-refractivity contribution in [2.24, 2.45) is 0 Å². The SMILES string of the molecule is CN(CC(=O)Nc1ccc(Cl)cc1)S(=O)(=O)c1ccc(Br)s1. The Kier molecular flexibility index (Phi) is 5.62. The number of rotatable bonds is 5. The molecular weight excluding hydrogens is 412 g/mol. The first kappa shape index (κ1) is 17.4. The maximum absolute atomic E-state index is 12.3. The number of hydrogen-bond donors (Lipinski definition) is 1. The van der Waals surface area contributed by atoms with E-state index < -0.39 is 15.9 Å². The molecule has 1 N–H and O–H groups in total. The van der Waals surface area contributed by atoms with E-state index in [9.17, 15) is 13.2 Å². The zero-order valence-electron chi connectivity index (χ0n) is 11.4. The van der Waals surface area contributed by atoms with Crippen molar-refractivity contribution in [2.75, 3.05) is 18.9 Å². The Balaban J connectivity index is 2.03. The minimum atomic E-state index is -3.67. The largest absolute Gasteiger partial charge is 0.325 e. The maximum atomic E-state index is 12.3. The normalized spacial score (nSPS) is 11.6. The second kappa shape index (κ2) is 7.10. The van der Waals surface area contributed by atoms with E-state index >= 15 is 0 Å². The van der Waals surface area contributed by atoms with Crippen molar-refractivity contribution in [1.82, 2.24) is 4.31 Å². The molecule has 118 valence electrons. The molecule has 0 unspecified atom stereocenters. The molecule has 0 saturated heterocycles. The fourth-order valence-electron chi connectivity index (χ4n) is 1.61. The lowest BCUT2D eigenvalue weighted by molar-refractivity contribution is -0.116. The third kappa shape index (κ3) is 4.30. The minimum absolute atomic E-state index is 0.182. The van der Waals surface area contributed by atoms with Crippen molar-refractivity contribution in [3.05, 3.63) is 45.2 Å². The van der Waals surface area contributed by atoms with Gasteiger partial charge in [0.15, 0.2) is 0 Å². The van der Waals surface area contributed by atoms with E-state index in [-0.39, 0.29) is 10.8 Å². The van der Waals surface area contributed by atoms with Crippen molar-refractivity contribution < 1.29 is 13.2 Å². The van der Waals surface area contributed by atoms with Crippen LogP contribution in [0.15, 0.2) is 44.4 Å². The summed E-state index contributed by atoms with van der Waals surface area (Å²) in [5.41, 5.74) is 0.555. The van der Waals surface area contributed by atoms with Crippen LogP contribution in [0.2, 0.25) is 5.02 Å². The van der Waals surface area contributed by atoms with Crippen LogP contribution in [0.4, 0.5) is 5.69 Å². The molecule has 0 fully saturated rings. The van der Waals surface area contributed by atoms with Gasteiger partial charge in [-0.1, -0.05) is 11.6 Å². The van der Waals surface area contributed by atoms with E-state index in [2.05, 4.69) is 21.2 Å². The number of sulfonamides is 1. The summed E-state index contributed by atoms with van der Waals surface area (Å²) in [6.45, 7) is -0.277. The summed E-state index contributed by atoms with van der Waals surface area (Å²) in [5, 5.41) is 3.18. The predicted octanol–water partition coefficient (Wildman–Crippen LogP) is 3.42. The smallest absolute Gasteiger partial charge is 0.252 e. The predicted molar refractivity (Wildman–Crippen MR) is 91.9 cm³/mol. The van der Waals surface area contributed by atoms with Crippen molar-refractivity contribution in [3.63, 3.8) is 0 Å². The van der Waals surface area contributed by atoms with Gasteiger partial charge < -0.3 is 5.32 Å². The van der Waals surface area contributed by atoms with Gasteiger partial charge in [-0.05, 0) is 52.3 Å². The Hall–Kier alpha value is -0.930. The number of hydrogen-bond acceptors (Lipinski definition) is 4. The molecule has 5 nitrogen and oxygen atoms in total. The highest BCUT2D eigenvalue weighted by atomic mass is 79.9. The number of halogens is 2. The van der Waals surface area contributed by atoms with Gasteiger partial charge in [0, 0.05) is 17.8 Å². The van der Waals surface area contributed by atoms with Crippen LogP contribution in [-0.4, -0.2) is 32.2 Å². The molecule has 0 aliphatic heterocycles. The number of thiophene rings is 1. The van der Waals surface area contributed by atoms with Gasteiger partial charge >= 0.3 is 0 Å². The van der Waals surface area contributed by atoms with Gasteiger partial charge in [-0.15, -0.1) is 11.3 Å². The van der Waals surface area contributed by atoms with Crippen molar-refractivity contribution in [2.45, 2.75) is 4.21 Å². The Morgan fingerprint density at radius 1 is 1.27 bits per heavy atom. The van der Waals surface area contributed by atoms with Crippen LogP contribution in [0.25, 0.3) is 0 Å². The Morgan fingerprint density at radius 2 is 1.91 bits per heavy atom. The standard InChI is InChI=1S/C13H12BrClN2O3S2/c1-17(22(19,20)13-7-6-11(14)21-13)8-12(18)16-10-4-2-9(15)3-5-10/h2-7H,8H2,1H3,(H,16,18). The number of nitrogens with zero attached hydrogens (tertiary/aromatic N) is 1. The summed E-state index contributed by atoms with van der Waals surface area (Å²) in [7, 11) is -2.31. The zero-order valence-corrected chi connectivity index (χ0v) is 15.4. The molecule has 0 saturated carbocycles. The molecule has 1 aromatic carbocycles.